The molecule has 31 heavy (non-hydrogen) atoms. The number of rotatable bonds is 3. The van der Waals surface area contributed by atoms with Crippen LogP contribution in [0.4, 0.5) is 17.5 Å². The lowest BCUT2D eigenvalue weighted by atomic mass is 10.1. The zero-order chi connectivity index (χ0) is 21.8. The van der Waals surface area contributed by atoms with Crippen molar-refractivity contribution in [3.63, 3.8) is 0 Å². The molecule has 3 aromatic rings. The molecule has 0 saturated carbocycles. The van der Waals surface area contributed by atoms with Crippen molar-refractivity contribution in [2.45, 2.75) is 31.3 Å². The first-order valence-corrected chi connectivity index (χ1v) is 11.6. The molecule has 3 N–H and O–H groups in total. The molecule has 0 radical (unpaired) electrons. The Labute approximate surface area is 182 Å². The maximum absolute atomic E-state index is 12.5. The topological polar surface area (TPSA) is 105 Å². The van der Waals surface area contributed by atoms with Crippen LogP contribution in [0.15, 0.2) is 59.6 Å². The summed E-state index contributed by atoms with van der Waals surface area (Å²) in [6, 6.07) is 14.4. The number of hydrogen-bond donors (Lipinski definition) is 3. The molecule has 1 aromatic heterocycles. The molecule has 0 unspecified atom stereocenters. The number of aromatic nitrogens is 2. The van der Waals surface area contributed by atoms with Crippen LogP contribution in [0, 0.1) is 0 Å². The number of ether oxygens (including phenoxy) is 1. The average Bonchev–Trinajstić information content (AvgIpc) is 2.74. The van der Waals surface area contributed by atoms with E-state index in [1.807, 2.05) is 38.1 Å². The van der Waals surface area contributed by atoms with Crippen LogP contribution < -0.4 is 20.1 Å². The van der Waals surface area contributed by atoms with Crippen molar-refractivity contribution >= 4 is 27.5 Å². The van der Waals surface area contributed by atoms with Crippen LogP contribution in [-0.4, -0.2) is 37.6 Å². The lowest BCUT2D eigenvalue weighted by molar-refractivity contribution is 0.242. The molecule has 8 nitrogen and oxygen atoms in total. The summed E-state index contributed by atoms with van der Waals surface area (Å²) < 4.78 is 33.3. The highest BCUT2D eigenvalue weighted by atomic mass is 32.2. The standard InChI is InChI=1S/C22H25N5O3S/c1-15(2)30-18-9-7-16(8-10-18)20-14-24-22-26-17-5-3-6-19(13-17)31(28,29)25-12-4-11-23-21(20)27-22/h3,5-10,13-15,25H,4,11-12H2,1-2H3,(H2,23,24,26,27). The predicted octanol–water partition coefficient (Wildman–Crippen LogP) is 3.77. The highest BCUT2D eigenvalue weighted by Gasteiger charge is 2.16. The van der Waals surface area contributed by atoms with Crippen LogP contribution in [0.25, 0.3) is 11.1 Å². The van der Waals surface area contributed by atoms with E-state index in [0.29, 0.717) is 37.0 Å². The molecule has 0 atom stereocenters. The summed E-state index contributed by atoms with van der Waals surface area (Å²) in [5.74, 6) is 1.86. The zero-order valence-electron chi connectivity index (χ0n) is 17.4. The van der Waals surface area contributed by atoms with Gasteiger partial charge in [0.2, 0.25) is 16.0 Å². The van der Waals surface area contributed by atoms with E-state index in [0.717, 1.165) is 16.9 Å². The summed E-state index contributed by atoms with van der Waals surface area (Å²) in [6.07, 6.45) is 2.47. The maximum atomic E-state index is 12.5. The van der Waals surface area contributed by atoms with Gasteiger partial charge in [-0.3, -0.25) is 0 Å². The van der Waals surface area contributed by atoms with Crippen LogP contribution in [0.3, 0.4) is 0 Å². The van der Waals surface area contributed by atoms with Crippen LogP contribution in [-0.2, 0) is 10.0 Å². The lowest BCUT2D eigenvalue weighted by Crippen LogP contribution is -2.26. The van der Waals surface area contributed by atoms with Crippen molar-refractivity contribution in [3.8, 4) is 16.9 Å². The molecule has 0 aliphatic carbocycles. The maximum Gasteiger partial charge on any atom is 0.240 e. The number of benzene rings is 2. The Balaban J connectivity index is 1.67. The van der Waals surface area contributed by atoms with E-state index < -0.39 is 10.0 Å². The molecule has 0 fully saturated rings. The van der Waals surface area contributed by atoms with Crippen LogP contribution >= 0.6 is 0 Å². The van der Waals surface area contributed by atoms with Gasteiger partial charge in [0.25, 0.3) is 0 Å². The third kappa shape index (κ3) is 5.12. The van der Waals surface area contributed by atoms with Gasteiger partial charge in [-0.2, -0.15) is 4.98 Å². The third-order valence-corrected chi connectivity index (χ3v) is 6.12. The number of fused-ring (bicyclic) bond motifs is 4. The minimum Gasteiger partial charge on any atom is -0.491 e. The Kier molecular flexibility index (Phi) is 6.06. The van der Waals surface area contributed by atoms with Gasteiger partial charge in [0, 0.05) is 30.5 Å². The Bertz CT molecular complexity index is 1160. The van der Waals surface area contributed by atoms with Crippen molar-refractivity contribution in [1.29, 1.82) is 0 Å². The fourth-order valence-corrected chi connectivity index (χ4v) is 4.35. The fraction of sp³-hybridized carbons (Fsp3) is 0.273. The first kappa shape index (κ1) is 21.1. The van der Waals surface area contributed by atoms with Crippen molar-refractivity contribution in [3.05, 3.63) is 54.7 Å². The van der Waals surface area contributed by atoms with Gasteiger partial charge >= 0.3 is 0 Å². The fourth-order valence-electron chi connectivity index (χ4n) is 3.23. The van der Waals surface area contributed by atoms with Gasteiger partial charge in [0.1, 0.15) is 11.6 Å². The van der Waals surface area contributed by atoms with Gasteiger partial charge in [-0.25, -0.2) is 18.1 Å². The van der Waals surface area contributed by atoms with Gasteiger partial charge in [-0.15, -0.1) is 0 Å². The predicted molar refractivity (Wildman–Crippen MR) is 121 cm³/mol. The van der Waals surface area contributed by atoms with E-state index in [1.54, 1.807) is 30.5 Å². The molecular weight excluding hydrogens is 414 g/mol. The summed E-state index contributed by atoms with van der Waals surface area (Å²) in [5, 5.41) is 6.41. The Morgan fingerprint density at radius 3 is 2.65 bits per heavy atom. The molecule has 162 valence electrons. The quantitative estimate of drug-likeness (QED) is 0.570. The Morgan fingerprint density at radius 1 is 1.06 bits per heavy atom. The molecule has 4 rings (SSSR count). The smallest absolute Gasteiger partial charge is 0.240 e. The molecular formula is C22H25N5O3S. The number of sulfonamides is 1. The highest BCUT2D eigenvalue weighted by Crippen LogP contribution is 2.29. The normalized spacial score (nSPS) is 15.6. The number of nitrogens with zero attached hydrogens (tertiary/aromatic N) is 2. The van der Waals surface area contributed by atoms with E-state index >= 15 is 0 Å². The Hall–Kier alpha value is -3.17. The van der Waals surface area contributed by atoms with Crippen molar-refractivity contribution < 1.29 is 13.2 Å². The van der Waals surface area contributed by atoms with E-state index in [4.69, 9.17) is 4.74 Å². The van der Waals surface area contributed by atoms with Gasteiger partial charge in [0.15, 0.2) is 0 Å². The largest absolute Gasteiger partial charge is 0.491 e. The van der Waals surface area contributed by atoms with Crippen molar-refractivity contribution in [2.75, 3.05) is 23.7 Å². The second-order valence-electron chi connectivity index (χ2n) is 7.48. The molecule has 4 bridgehead atoms. The third-order valence-electron chi connectivity index (χ3n) is 4.66. The zero-order valence-corrected chi connectivity index (χ0v) is 18.2. The van der Waals surface area contributed by atoms with Gasteiger partial charge in [-0.05, 0) is 56.2 Å². The van der Waals surface area contributed by atoms with Crippen molar-refractivity contribution in [1.82, 2.24) is 14.7 Å². The highest BCUT2D eigenvalue weighted by molar-refractivity contribution is 7.89. The van der Waals surface area contributed by atoms with Crippen LogP contribution in [0.5, 0.6) is 5.75 Å². The monoisotopic (exact) mass is 439 g/mol. The molecule has 0 amide bonds. The van der Waals surface area contributed by atoms with Gasteiger partial charge in [0.05, 0.1) is 11.0 Å². The Morgan fingerprint density at radius 2 is 1.87 bits per heavy atom. The SMILES string of the molecule is CC(C)Oc1ccc(-c2cnc3nc2NCCCNS(=O)(=O)c2cccc(c2)N3)cc1. The minimum atomic E-state index is -3.57. The number of hydrogen-bond acceptors (Lipinski definition) is 7. The summed E-state index contributed by atoms with van der Waals surface area (Å²) >= 11 is 0. The lowest BCUT2D eigenvalue weighted by Gasteiger charge is -2.14. The van der Waals surface area contributed by atoms with E-state index in [-0.39, 0.29) is 11.0 Å². The number of nitrogens with one attached hydrogen (secondary N) is 3. The molecule has 1 aliphatic rings. The molecule has 2 aromatic carbocycles. The van der Waals surface area contributed by atoms with E-state index in [9.17, 15) is 8.42 Å². The van der Waals surface area contributed by atoms with Gasteiger partial charge in [-0.1, -0.05) is 18.2 Å². The first-order valence-electron chi connectivity index (χ1n) is 10.2. The van der Waals surface area contributed by atoms with Crippen molar-refractivity contribution in [2.24, 2.45) is 0 Å². The second-order valence-corrected chi connectivity index (χ2v) is 9.24. The molecule has 0 spiro atoms. The number of anilines is 3. The average molecular weight is 440 g/mol. The van der Waals surface area contributed by atoms with Gasteiger partial charge < -0.3 is 15.4 Å². The van der Waals surface area contributed by atoms with E-state index in [2.05, 4.69) is 25.3 Å². The molecule has 1 aliphatic heterocycles. The van der Waals surface area contributed by atoms with Crippen LogP contribution in [0.2, 0.25) is 0 Å². The molecule has 9 heteroatoms. The second kappa shape index (κ2) is 8.91. The minimum absolute atomic E-state index is 0.107. The van der Waals surface area contributed by atoms with E-state index in [1.165, 1.54) is 0 Å². The molecule has 0 saturated heterocycles. The summed E-state index contributed by atoms with van der Waals surface area (Å²) in [7, 11) is -3.57. The summed E-state index contributed by atoms with van der Waals surface area (Å²) in [6.45, 7) is 4.85. The molecule has 2 heterocycles. The summed E-state index contributed by atoms with van der Waals surface area (Å²) in [4.78, 5) is 9.28. The summed E-state index contributed by atoms with van der Waals surface area (Å²) in [5.41, 5.74) is 2.40. The first-order chi connectivity index (χ1) is 14.9. The van der Waals surface area contributed by atoms with Crippen LogP contribution in [0.1, 0.15) is 20.3 Å².